The van der Waals surface area contributed by atoms with E-state index >= 15 is 0 Å². The minimum absolute atomic E-state index is 0.0300. The third kappa shape index (κ3) is 2.30. The van der Waals surface area contributed by atoms with Crippen LogP contribution in [-0.2, 0) is 16.1 Å². The number of H-pyrrole nitrogens is 2. The van der Waals surface area contributed by atoms with E-state index in [4.69, 9.17) is 10.8 Å². The molecule has 23 heavy (non-hydrogen) atoms. The monoisotopic (exact) mass is 323 g/mol. The Morgan fingerprint density at radius 2 is 2.09 bits per heavy atom. The van der Waals surface area contributed by atoms with Crippen molar-refractivity contribution in [3.05, 3.63) is 27.2 Å². The molecule has 0 aliphatic heterocycles. The number of carboxylic acid groups (broad SMARTS) is 2. The summed E-state index contributed by atoms with van der Waals surface area (Å²) >= 11 is 0. The van der Waals surface area contributed by atoms with Crippen LogP contribution in [0.25, 0.3) is 11.2 Å². The number of aromatic amines is 2. The van der Waals surface area contributed by atoms with Crippen LogP contribution in [0.5, 0.6) is 0 Å². The van der Waals surface area contributed by atoms with Crippen molar-refractivity contribution < 1.29 is 19.8 Å². The normalized spacial score (nSPS) is 22.7. The van der Waals surface area contributed by atoms with Crippen LogP contribution >= 0.6 is 0 Å². The third-order valence-electron chi connectivity index (χ3n) is 4.11. The zero-order valence-corrected chi connectivity index (χ0v) is 11.6. The highest BCUT2D eigenvalue weighted by Gasteiger charge is 2.58. The first-order chi connectivity index (χ1) is 10.7. The molecule has 0 amide bonds. The number of rotatable bonds is 5. The number of carbonyl (C=O) groups is 2. The second-order valence-corrected chi connectivity index (χ2v) is 5.61. The minimum Gasteiger partial charge on any atom is -0.481 e. The molecule has 122 valence electrons. The number of fused-ring (bicyclic) bond motifs is 1. The van der Waals surface area contributed by atoms with Gasteiger partial charge in [-0.15, -0.1) is 0 Å². The van der Waals surface area contributed by atoms with Gasteiger partial charge >= 0.3 is 17.6 Å². The van der Waals surface area contributed by atoms with E-state index < -0.39 is 40.6 Å². The van der Waals surface area contributed by atoms with Crippen molar-refractivity contribution in [2.24, 2.45) is 17.6 Å². The number of hydrogen-bond donors (Lipinski definition) is 5. The SMILES string of the molecule is N[C@@](Cn1cnc2c(=O)[nH]c(=O)[nH]c21)(C(=O)O)[C@H]1C[C@H]1C(=O)O. The highest BCUT2D eigenvalue weighted by Crippen LogP contribution is 2.46. The van der Waals surface area contributed by atoms with E-state index in [0.717, 1.165) is 0 Å². The van der Waals surface area contributed by atoms with Gasteiger partial charge in [-0.2, -0.15) is 0 Å². The van der Waals surface area contributed by atoms with Crippen LogP contribution in [0, 0.1) is 11.8 Å². The largest absolute Gasteiger partial charge is 0.481 e. The lowest BCUT2D eigenvalue weighted by atomic mass is 9.93. The van der Waals surface area contributed by atoms with Gasteiger partial charge in [-0.05, 0) is 6.42 Å². The number of nitrogens with zero attached hydrogens (tertiary/aromatic N) is 2. The van der Waals surface area contributed by atoms with E-state index in [-0.39, 0.29) is 24.1 Å². The molecular weight excluding hydrogens is 310 g/mol. The van der Waals surface area contributed by atoms with Gasteiger partial charge in [0.15, 0.2) is 5.52 Å². The summed E-state index contributed by atoms with van der Waals surface area (Å²) in [5.41, 5.74) is 2.58. The lowest BCUT2D eigenvalue weighted by molar-refractivity contribution is -0.145. The third-order valence-corrected chi connectivity index (χ3v) is 4.11. The maximum Gasteiger partial charge on any atom is 0.327 e. The summed E-state index contributed by atoms with van der Waals surface area (Å²) in [7, 11) is 0. The molecule has 2 aromatic heterocycles. The van der Waals surface area contributed by atoms with Crippen molar-refractivity contribution in [1.82, 2.24) is 19.5 Å². The van der Waals surface area contributed by atoms with Crippen LogP contribution < -0.4 is 17.0 Å². The molecule has 0 bridgehead atoms. The molecule has 1 aliphatic rings. The molecule has 3 rings (SSSR count). The number of aromatic nitrogens is 4. The molecule has 0 spiro atoms. The number of nitrogens with two attached hydrogens (primary N) is 1. The maximum atomic E-state index is 11.6. The van der Waals surface area contributed by atoms with Crippen molar-refractivity contribution in [1.29, 1.82) is 0 Å². The predicted molar refractivity (Wildman–Crippen MR) is 74.8 cm³/mol. The quantitative estimate of drug-likeness (QED) is 0.414. The lowest BCUT2D eigenvalue weighted by Crippen LogP contribution is -2.54. The van der Waals surface area contributed by atoms with Gasteiger partial charge in [-0.3, -0.25) is 24.4 Å². The van der Waals surface area contributed by atoms with Crippen molar-refractivity contribution in [3.8, 4) is 0 Å². The molecule has 0 radical (unpaired) electrons. The van der Waals surface area contributed by atoms with Crippen LogP contribution in [-0.4, -0.2) is 47.2 Å². The molecular formula is C12H13N5O6. The fraction of sp³-hybridized carbons (Fsp3) is 0.417. The molecule has 6 N–H and O–H groups in total. The zero-order valence-electron chi connectivity index (χ0n) is 11.6. The number of carboxylic acids is 2. The van der Waals surface area contributed by atoms with E-state index in [0.29, 0.717) is 0 Å². The van der Waals surface area contributed by atoms with Crippen molar-refractivity contribution in [2.75, 3.05) is 0 Å². The first-order valence-corrected chi connectivity index (χ1v) is 6.66. The number of nitrogens with one attached hydrogen (secondary N) is 2. The van der Waals surface area contributed by atoms with Crippen LogP contribution in [0.15, 0.2) is 15.9 Å². The second-order valence-electron chi connectivity index (χ2n) is 5.61. The molecule has 0 saturated heterocycles. The van der Waals surface area contributed by atoms with Gasteiger partial charge in [-0.25, -0.2) is 9.78 Å². The van der Waals surface area contributed by atoms with Crippen LogP contribution in [0.4, 0.5) is 0 Å². The molecule has 1 fully saturated rings. The summed E-state index contributed by atoms with van der Waals surface area (Å²) in [6, 6.07) is 0. The Kier molecular flexibility index (Phi) is 3.11. The van der Waals surface area contributed by atoms with Crippen LogP contribution in [0.3, 0.4) is 0 Å². The van der Waals surface area contributed by atoms with Gasteiger partial charge in [0.25, 0.3) is 5.56 Å². The lowest BCUT2D eigenvalue weighted by Gasteiger charge is -2.25. The van der Waals surface area contributed by atoms with Crippen LogP contribution in [0.1, 0.15) is 6.42 Å². The zero-order chi connectivity index (χ0) is 16.9. The standard InChI is InChI=1S/C12H13N5O6/c13-12(10(21)22,5-1-4(5)9(19)20)2-17-3-14-6-7(17)15-11(23)16-8(6)18/h3-5H,1-2,13H2,(H,19,20)(H,21,22)(H2,15,16,18,23)/t4-,5+,12-/m1/s1. The Hall–Kier alpha value is -2.95. The Labute approximate surface area is 126 Å². The molecule has 1 saturated carbocycles. The smallest absolute Gasteiger partial charge is 0.327 e. The van der Waals surface area contributed by atoms with Crippen molar-refractivity contribution in [2.45, 2.75) is 18.5 Å². The number of imidazole rings is 1. The van der Waals surface area contributed by atoms with E-state index in [2.05, 4.69) is 9.97 Å². The van der Waals surface area contributed by atoms with Gasteiger partial charge < -0.3 is 20.5 Å². The fourth-order valence-electron chi connectivity index (χ4n) is 2.76. The van der Waals surface area contributed by atoms with Gasteiger partial charge in [-0.1, -0.05) is 0 Å². The highest BCUT2D eigenvalue weighted by atomic mass is 16.4. The van der Waals surface area contributed by atoms with Crippen molar-refractivity contribution >= 4 is 23.1 Å². The molecule has 2 aromatic rings. The van der Waals surface area contributed by atoms with Gasteiger partial charge in [0.2, 0.25) is 0 Å². The molecule has 0 aromatic carbocycles. The summed E-state index contributed by atoms with van der Waals surface area (Å²) in [6.07, 6.45) is 1.33. The summed E-state index contributed by atoms with van der Waals surface area (Å²) < 4.78 is 1.23. The average Bonchev–Trinajstić information content (AvgIpc) is 3.17. The van der Waals surface area contributed by atoms with E-state index in [1.165, 1.54) is 10.9 Å². The van der Waals surface area contributed by atoms with E-state index in [1.807, 2.05) is 4.98 Å². The topological polar surface area (TPSA) is 184 Å². The highest BCUT2D eigenvalue weighted by molar-refractivity contribution is 5.83. The summed E-state index contributed by atoms with van der Waals surface area (Å²) in [4.78, 5) is 53.7. The fourth-order valence-corrected chi connectivity index (χ4v) is 2.76. The van der Waals surface area contributed by atoms with Crippen molar-refractivity contribution in [3.63, 3.8) is 0 Å². The Morgan fingerprint density at radius 3 is 2.65 bits per heavy atom. The Bertz CT molecular complexity index is 926. The molecule has 1 aliphatic carbocycles. The van der Waals surface area contributed by atoms with Gasteiger partial charge in [0.1, 0.15) is 11.2 Å². The maximum absolute atomic E-state index is 11.6. The van der Waals surface area contributed by atoms with Gasteiger partial charge in [0, 0.05) is 5.92 Å². The van der Waals surface area contributed by atoms with Gasteiger partial charge in [0.05, 0.1) is 18.8 Å². The van der Waals surface area contributed by atoms with Crippen LogP contribution in [0.2, 0.25) is 0 Å². The molecule has 3 atom stereocenters. The Morgan fingerprint density at radius 1 is 1.39 bits per heavy atom. The molecule has 11 nitrogen and oxygen atoms in total. The minimum atomic E-state index is -1.85. The number of aliphatic carboxylic acids is 2. The first kappa shape index (κ1) is 15.0. The summed E-state index contributed by atoms with van der Waals surface area (Å²) in [6.45, 7) is -0.327. The Balaban J connectivity index is 2.02. The average molecular weight is 323 g/mol. The summed E-state index contributed by atoms with van der Waals surface area (Å²) in [5, 5.41) is 18.4. The van der Waals surface area contributed by atoms with E-state index in [9.17, 15) is 24.3 Å². The molecule has 11 heteroatoms. The molecule has 2 heterocycles. The first-order valence-electron chi connectivity index (χ1n) is 6.66. The second kappa shape index (κ2) is 4.78. The summed E-state index contributed by atoms with van der Waals surface area (Å²) in [5.74, 6) is -4.04. The predicted octanol–water partition coefficient (Wildman–Crippen LogP) is -2.08. The molecule has 0 unspecified atom stereocenters. The number of hydrogen-bond acceptors (Lipinski definition) is 6. The van der Waals surface area contributed by atoms with E-state index in [1.54, 1.807) is 0 Å².